The normalized spacial score (nSPS) is 16.7. The van der Waals surface area contributed by atoms with Crippen LogP contribution >= 0.6 is 0 Å². The molecule has 174 valence electrons. The van der Waals surface area contributed by atoms with Gasteiger partial charge < -0.3 is 14.5 Å². The first-order chi connectivity index (χ1) is 16.4. The molecule has 0 unspecified atom stereocenters. The van der Waals surface area contributed by atoms with Gasteiger partial charge in [-0.25, -0.2) is 12.8 Å². The zero-order valence-electron chi connectivity index (χ0n) is 18.4. The van der Waals surface area contributed by atoms with Gasteiger partial charge in [0.05, 0.1) is 10.6 Å². The molecule has 1 fully saturated rings. The minimum absolute atomic E-state index is 0.0941. The van der Waals surface area contributed by atoms with Crippen LogP contribution in [0.25, 0.3) is 0 Å². The Kier molecular flexibility index (Phi) is 5.83. The monoisotopic (exact) mass is 478 g/mol. The number of hydrogen-bond donors (Lipinski definition) is 0. The third-order valence-corrected chi connectivity index (χ3v) is 7.76. The molecule has 3 aromatic rings. The highest BCUT2D eigenvalue weighted by Gasteiger charge is 2.38. The smallest absolute Gasteiger partial charge is 0.267 e. The molecule has 34 heavy (non-hydrogen) atoms. The summed E-state index contributed by atoms with van der Waals surface area (Å²) in [5.74, 6) is -0.459. The van der Waals surface area contributed by atoms with E-state index in [4.69, 9.17) is 4.74 Å². The molecule has 8 heteroatoms. The van der Waals surface area contributed by atoms with Gasteiger partial charge in [0.25, 0.3) is 5.91 Å². The second-order valence-electron chi connectivity index (χ2n) is 8.25. The summed E-state index contributed by atoms with van der Waals surface area (Å²) in [6.07, 6.45) is 2.99. The van der Waals surface area contributed by atoms with Crippen molar-refractivity contribution in [2.24, 2.45) is 0 Å². The first kappa shape index (κ1) is 22.2. The molecule has 0 aromatic heterocycles. The molecule has 6 nitrogen and oxygen atoms in total. The fourth-order valence-electron chi connectivity index (χ4n) is 4.18. The summed E-state index contributed by atoms with van der Waals surface area (Å²) >= 11 is 0. The van der Waals surface area contributed by atoms with Gasteiger partial charge in [0, 0.05) is 25.0 Å². The molecule has 5 rings (SSSR count). The second-order valence-corrected chi connectivity index (χ2v) is 10.1. The van der Waals surface area contributed by atoms with E-state index in [0.717, 1.165) is 24.5 Å². The lowest BCUT2D eigenvalue weighted by molar-refractivity contribution is -0.125. The molecule has 0 N–H and O–H groups in total. The van der Waals surface area contributed by atoms with E-state index in [0.29, 0.717) is 31.1 Å². The minimum Gasteiger partial charge on any atom is -0.489 e. The van der Waals surface area contributed by atoms with E-state index in [1.54, 1.807) is 34.1 Å². The van der Waals surface area contributed by atoms with Crippen LogP contribution in [0.4, 0.5) is 15.8 Å². The van der Waals surface area contributed by atoms with Crippen molar-refractivity contribution in [2.45, 2.75) is 24.3 Å². The summed E-state index contributed by atoms with van der Waals surface area (Å²) in [6, 6.07) is 20.3. The van der Waals surface area contributed by atoms with Crippen LogP contribution in [0.3, 0.4) is 0 Å². The lowest BCUT2D eigenvalue weighted by Gasteiger charge is -2.30. The molecule has 1 saturated heterocycles. The molecule has 0 saturated carbocycles. The van der Waals surface area contributed by atoms with Gasteiger partial charge in [0.15, 0.2) is 4.91 Å². The molecule has 1 amide bonds. The van der Waals surface area contributed by atoms with Crippen LogP contribution in [0.1, 0.15) is 18.4 Å². The van der Waals surface area contributed by atoms with Crippen LogP contribution in [0.2, 0.25) is 0 Å². The Hall–Kier alpha value is -3.65. The molecule has 0 spiro atoms. The number of benzene rings is 3. The highest BCUT2D eigenvalue weighted by atomic mass is 32.2. The summed E-state index contributed by atoms with van der Waals surface area (Å²) in [7, 11) is -4.09. The number of ether oxygens (including phenoxy) is 1. The molecule has 0 atom stereocenters. The number of amides is 1. The largest absolute Gasteiger partial charge is 0.489 e. The summed E-state index contributed by atoms with van der Waals surface area (Å²) in [6.45, 7) is 1.45. The molecule has 0 aliphatic carbocycles. The third kappa shape index (κ3) is 4.17. The van der Waals surface area contributed by atoms with Crippen molar-refractivity contribution >= 4 is 27.1 Å². The Morgan fingerprint density at radius 1 is 0.941 bits per heavy atom. The van der Waals surface area contributed by atoms with Gasteiger partial charge >= 0.3 is 0 Å². The summed E-state index contributed by atoms with van der Waals surface area (Å²) in [4.78, 5) is 15.8. The maximum Gasteiger partial charge on any atom is 0.267 e. The highest BCUT2D eigenvalue weighted by Crippen LogP contribution is 2.41. The fourth-order valence-corrected chi connectivity index (χ4v) is 5.70. The Morgan fingerprint density at radius 2 is 1.65 bits per heavy atom. The standard InChI is InChI=1S/C26H23FN2O4S/c27-20-8-13-24-23(16-20)29(17-25(34(24,31)32)26(30)28-14-4-5-15-28)21-9-11-22(12-10-21)33-18-19-6-2-1-3-7-19/h1-3,6-13,16-17H,4-5,14-15,18H2. The van der Waals surface area contributed by atoms with Crippen LogP contribution < -0.4 is 9.64 Å². The quantitative estimate of drug-likeness (QED) is 0.493. The average Bonchev–Trinajstić information content (AvgIpc) is 3.39. The SMILES string of the molecule is O=C(C1=CN(c2ccc(OCc3ccccc3)cc2)c2cc(F)ccc2S1(=O)=O)N1CCCC1. The summed E-state index contributed by atoms with van der Waals surface area (Å²) < 4.78 is 46.5. The third-order valence-electron chi connectivity index (χ3n) is 5.97. The van der Waals surface area contributed by atoms with Crippen molar-refractivity contribution < 1.29 is 22.3 Å². The van der Waals surface area contributed by atoms with Crippen molar-refractivity contribution in [3.63, 3.8) is 0 Å². The maximum atomic E-state index is 14.1. The molecule has 0 radical (unpaired) electrons. The number of nitrogens with zero attached hydrogens (tertiary/aromatic N) is 2. The van der Waals surface area contributed by atoms with Crippen LogP contribution in [-0.4, -0.2) is 32.3 Å². The number of carbonyl (C=O) groups is 1. The van der Waals surface area contributed by atoms with E-state index in [9.17, 15) is 17.6 Å². The number of rotatable bonds is 5. The van der Waals surface area contributed by atoms with Crippen molar-refractivity contribution in [3.05, 3.63) is 95.3 Å². The fraction of sp³-hybridized carbons (Fsp3) is 0.192. The zero-order chi connectivity index (χ0) is 23.7. The predicted molar refractivity (Wildman–Crippen MR) is 127 cm³/mol. The van der Waals surface area contributed by atoms with E-state index in [2.05, 4.69) is 0 Å². The Labute approximate surface area is 197 Å². The van der Waals surface area contributed by atoms with Crippen LogP contribution in [0, 0.1) is 5.82 Å². The summed E-state index contributed by atoms with van der Waals surface area (Å²) in [5.41, 5.74) is 1.78. The topological polar surface area (TPSA) is 66.9 Å². The van der Waals surface area contributed by atoms with E-state index >= 15 is 0 Å². The maximum absolute atomic E-state index is 14.1. The van der Waals surface area contributed by atoms with E-state index < -0.39 is 21.6 Å². The van der Waals surface area contributed by atoms with E-state index in [1.165, 1.54) is 18.3 Å². The first-order valence-corrected chi connectivity index (χ1v) is 12.5. The van der Waals surface area contributed by atoms with E-state index in [1.807, 2.05) is 30.3 Å². The lowest BCUT2D eigenvalue weighted by Crippen LogP contribution is -2.35. The molecule has 2 aliphatic rings. The van der Waals surface area contributed by atoms with Crippen molar-refractivity contribution in [1.29, 1.82) is 0 Å². The van der Waals surface area contributed by atoms with Gasteiger partial charge in [-0.3, -0.25) is 4.79 Å². The Balaban J connectivity index is 1.49. The molecular formula is C26H23FN2O4S. The number of sulfone groups is 1. The van der Waals surface area contributed by atoms with Gasteiger partial charge in [0.1, 0.15) is 18.2 Å². The van der Waals surface area contributed by atoms with Crippen molar-refractivity contribution in [1.82, 2.24) is 4.90 Å². The average molecular weight is 479 g/mol. The molecule has 0 bridgehead atoms. The van der Waals surface area contributed by atoms with Gasteiger partial charge in [-0.15, -0.1) is 0 Å². The number of hydrogen-bond acceptors (Lipinski definition) is 5. The first-order valence-electron chi connectivity index (χ1n) is 11.1. The van der Waals surface area contributed by atoms with Crippen molar-refractivity contribution in [2.75, 3.05) is 18.0 Å². The predicted octanol–water partition coefficient (Wildman–Crippen LogP) is 4.79. The van der Waals surface area contributed by atoms with Crippen LogP contribution in [0.15, 0.2) is 88.8 Å². The number of fused-ring (bicyclic) bond motifs is 1. The molecule has 3 aromatic carbocycles. The van der Waals surface area contributed by atoms with E-state index in [-0.39, 0.29) is 15.5 Å². The number of halogens is 1. The Morgan fingerprint density at radius 3 is 2.35 bits per heavy atom. The Bertz CT molecular complexity index is 1350. The van der Waals surface area contributed by atoms with Gasteiger partial charge in [-0.05, 0) is 60.9 Å². The van der Waals surface area contributed by atoms with Crippen molar-refractivity contribution in [3.8, 4) is 5.75 Å². The van der Waals surface area contributed by atoms with Crippen LogP contribution in [0.5, 0.6) is 5.75 Å². The molecule has 2 aliphatic heterocycles. The number of anilines is 2. The number of carbonyl (C=O) groups excluding carboxylic acids is 1. The lowest BCUT2D eigenvalue weighted by atomic mass is 10.2. The molecular weight excluding hydrogens is 455 g/mol. The van der Waals surface area contributed by atoms with Gasteiger partial charge in [0.2, 0.25) is 9.84 Å². The number of likely N-dealkylation sites (tertiary alicyclic amines) is 1. The zero-order valence-corrected chi connectivity index (χ0v) is 19.2. The van der Waals surface area contributed by atoms with Crippen LogP contribution in [-0.2, 0) is 21.2 Å². The molecule has 2 heterocycles. The van der Waals surface area contributed by atoms with Gasteiger partial charge in [-0.2, -0.15) is 0 Å². The second kappa shape index (κ2) is 8.95. The summed E-state index contributed by atoms with van der Waals surface area (Å²) in [5, 5.41) is 0. The highest BCUT2D eigenvalue weighted by molar-refractivity contribution is 7.96. The van der Waals surface area contributed by atoms with Gasteiger partial charge in [-0.1, -0.05) is 30.3 Å². The minimum atomic E-state index is -4.09.